The van der Waals surface area contributed by atoms with Gasteiger partial charge in [0.25, 0.3) is 5.91 Å². The standard InChI is InChI=1S/C19H24N4O4S/c1-2-22-6-5-14-3-4-15(11-18(14)22)21-19(24)17-12-16(13-20-17)28(25,26)23-7-9-27-10-8-23/h3-4,11-13,20H,2,5-10H2,1H3,(H,21,24). The van der Waals surface area contributed by atoms with Gasteiger partial charge in [0.1, 0.15) is 10.6 Å². The van der Waals surface area contributed by atoms with Crippen molar-refractivity contribution in [3.8, 4) is 0 Å². The van der Waals surface area contributed by atoms with Crippen LogP contribution in [0.25, 0.3) is 0 Å². The number of morpholine rings is 1. The van der Waals surface area contributed by atoms with Crippen LogP contribution in [0.3, 0.4) is 0 Å². The Bertz CT molecular complexity index is 980. The van der Waals surface area contributed by atoms with E-state index in [2.05, 4.69) is 22.1 Å². The number of hydrogen-bond acceptors (Lipinski definition) is 5. The maximum Gasteiger partial charge on any atom is 0.272 e. The fourth-order valence-electron chi connectivity index (χ4n) is 3.64. The molecule has 150 valence electrons. The van der Waals surface area contributed by atoms with Gasteiger partial charge in [-0.2, -0.15) is 4.31 Å². The van der Waals surface area contributed by atoms with Crippen LogP contribution in [0.1, 0.15) is 23.0 Å². The molecule has 0 saturated carbocycles. The summed E-state index contributed by atoms with van der Waals surface area (Å²) in [7, 11) is -3.63. The van der Waals surface area contributed by atoms with Crippen molar-refractivity contribution in [2.75, 3.05) is 49.6 Å². The molecule has 2 aliphatic rings. The largest absolute Gasteiger partial charge is 0.379 e. The topological polar surface area (TPSA) is 94.7 Å². The summed E-state index contributed by atoms with van der Waals surface area (Å²) in [5, 5.41) is 2.85. The minimum absolute atomic E-state index is 0.0886. The summed E-state index contributed by atoms with van der Waals surface area (Å²) in [5.41, 5.74) is 3.32. The molecule has 2 aliphatic heterocycles. The Kier molecular flexibility index (Phi) is 5.13. The molecule has 0 spiro atoms. The van der Waals surface area contributed by atoms with Gasteiger partial charge in [-0.3, -0.25) is 4.79 Å². The molecule has 1 amide bonds. The summed E-state index contributed by atoms with van der Waals surface area (Å²) in [6.45, 7) is 5.41. The molecule has 0 aliphatic carbocycles. The first-order valence-electron chi connectivity index (χ1n) is 9.44. The van der Waals surface area contributed by atoms with Crippen molar-refractivity contribution >= 4 is 27.3 Å². The molecule has 1 saturated heterocycles. The van der Waals surface area contributed by atoms with Crippen molar-refractivity contribution < 1.29 is 17.9 Å². The lowest BCUT2D eigenvalue weighted by atomic mass is 10.1. The first-order chi connectivity index (χ1) is 13.5. The quantitative estimate of drug-likeness (QED) is 0.791. The number of sulfonamides is 1. The molecule has 1 aromatic carbocycles. The lowest BCUT2D eigenvalue weighted by molar-refractivity contribution is 0.0730. The predicted octanol–water partition coefficient (Wildman–Crippen LogP) is 1.67. The minimum atomic E-state index is -3.63. The van der Waals surface area contributed by atoms with Gasteiger partial charge in [0.2, 0.25) is 10.0 Å². The number of fused-ring (bicyclic) bond motifs is 1. The second-order valence-corrected chi connectivity index (χ2v) is 8.83. The van der Waals surface area contributed by atoms with Crippen LogP contribution in [0.15, 0.2) is 35.4 Å². The van der Waals surface area contributed by atoms with E-state index in [4.69, 9.17) is 4.74 Å². The predicted molar refractivity (Wildman–Crippen MR) is 106 cm³/mol. The van der Waals surface area contributed by atoms with E-state index in [0.717, 1.165) is 25.2 Å². The summed E-state index contributed by atoms with van der Waals surface area (Å²) in [4.78, 5) is 17.7. The van der Waals surface area contributed by atoms with Gasteiger partial charge in [0, 0.05) is 43.8 Å². The molecule has 2 N–H and O–H groups in total. The lowest BCUT2D eigenvalue weighted by Crippen LogP contribution is -2.40. The molecular formula is C19H24N4O4S. The summed E-state index contributed by atoms with van der Waals surface area (Å²) >= 11 is 0. The number of nitrogens with zero attached hydrogens (tertiary/aromatic N) is 2. The number of amides is 1. The van der Waals surface area contributed by atoms with Crippen LogP contribution in [0, 0.1) is 0 Å². The third kappa shape index (κ3) is 3.52. The zero-order chi connectivity index (χ0) is 19.7. The molecule has 4 rings (SSSR count). The zero-order valence-electron chi connectivity index (χ0n) is 15.8. The number of nitrogens with one attached hydrogen (secondary N) is 2. The van der Waals surface area contributed by atoms with Gasteiger partial charge in [0.15, 0.2) is 0 Å². The van der Waals surface area contributed by atoms with Gasteiger partial charge in [0.05, 0.1) is 13.2 Å². The molecule has 3 heterocycles. The summed E-state index contributed by atoms with van der Waals surface area (Å²) in [6, 6.07) is 7.26. The van der Waals surface area contributed by atoms with Crippen molar-refractivity contribution in [3.05, 3.63) is 41.7 Å². The van der Waals surface area contributed by atoms with Crippen molar-refractivity contribution in [1.29, 1.82) is 0 Å². The number of benzene rings is 1. The van der Waals surface area contributed by atoms with E-state index < -0.39 is 10.0 Å². The molecule has 0 bridgehead atoms. The summed E-state index contributed by atoms with van der Waals surface area (Å²) in [6.07, 6.45) is 2.37. The van der Waals surface area contributed by atoms with Gasteiger partial charge in [-0.15, -0.1) is 0 Å². The first kappa shape index (κ1) is 19.0. The Balaban J connectivity index is 1.49. The van der Waals surface area contributed by atoms with Crippen molar-refractivity contribution in [2.45, 2.75) is 18.2 Å². The van der Waals surface area contributed by atoms with Crippen LogP contribution >= 0.6 is 0 Å². The van der Waals surface area contributed by atoms with E-state index in [1.165, 1.54) is 22.1 Å². The van der Waals surface area contributed by atoms with E-state index in [0.29, 0.717) is 32.0 Å². The highest BCUT2D eigenvalue weighted by Gasteiger charge is 2.28. The van der Waals surface area contributed by atoms with E-state index in [1.54, 1.807) is 0 Å². The molecule has 1 aromatic heterocycles. The molecule has 1 fully saturated rings. The molecular weight excluding hydrogens is 380 g/mol. The Morgan fingerprint density at radius 1 is 1.21 bits per heavy atom. The van der Waals surface area contributed by atoms with Crippen LogP contribution in [0.5, 0.6) is 0 Å². The summed E-state index contributed by atoms with van der Waals surface area (Å²) < 4.78 is 32.0. The highest BCUT2D eigenvalue weighted by atomic mass is 32.2. The molecule has 0 atom stereocenters. The van der Waals surface area contributed by atoms with Gasteiger partial charge in [-0.05, 0) is 37.1 Å². The van der Waals surface area contributed by atoms with Crippen LogP contribution in [-0.2, 0) is 21.2 Å². The van der Waals surface area contributed by atoms with Gasteiger partial charge < -0.3 is 19.9 Å². The Morgan fingerprint density at radius 3 is 2.75 bits per heavy atom. The molecule has 2 aromatic rings. The zero-order valence-corrected chi connectivity index (χ0v) is 16.6. The van der Waals surface area contributed by atoms with E-state index in [9.17, 15) is 13.2 Å². The van der Waals surface area contributed by atoms with Crippen LogP contribution in [-0.4, -0.2) is 63.0 Å². The Hall–Kier alpha value is -2.36. The third-order valence-electron chi connectivity index (χ3n) is 5.23. The average molecular weight is 404 g/mol. The highest BCUT2D eigenvalue weighted by Crippen LogP contribution is 2.30. The average Bonchev–Trinajstić information content (AvgIpc) is 3.36. The van der Waals surface area contributed by atoms with Gasteiger partial charge >= 0.3 is 0 Å². The fourth-order valence-corrected chi connectivity index (χ4v) is 5.04. The number of anilines is 2. The normalized spacial score (nSPS) is 17.5. The van der Waals surface area contributed by atoms with Gasteiger partial charge in [-0.25, -0.2) is 8.42 Å². The van der Waals surface area contributed by atoms with E-state index in [-0.39, 0.29) is 16.5 Å². The smallest absolute Gasteiger partial charge is 0.272 e. The number of hydrogen-bond donors (Lipinski definition) is 2. The Labute approximate surface area is 164 Å². The number of rotatable bonds is 5. The number of aromatic nitrogens is 1. The van der Waals surface area contributed by atoms with Crippen molar-refractivity contribution in [2.24, 2.45) is 0 Å². The maximum atomic E-state index is 12.7. The van der Waals surface area contributed by atoms with Crippen LogP contribution < -0.4 is 10.2 Å². The highest BCUT2D eigenvalue weighted by molar-refractivity contribution is 7.89. The Morgan fingerprint density at radius 2 is 2.00 bits per heavy atom. The monoisotopic (exact) mass is 404 g/mol. The number of aromatic amines is 1. The lowest BCUT2D eigenvalue weighted by Gasteiger charge is -2.25. The number of carbonyl (C=O) groups is 1. The second-order valence-electron chi connectivity index (χ2n) is 6.89. The summed E-state index contributed by atoms with van der Waals surface area (Å²) in [5.74, 6) is -0.371. The SMILES string of the molecule is CCN1CCc2ccc(NC(=O)c3cc(S(=O)(=O)N4CCOCC4)c[nH]3)cc21. The number of H-pyrrole nitrogens is 1. The molecule has 0 radical (unpaired) electrons. The van der Waals surface area contributed by atoms with Crippen molar-refractivity contribution in [1.82, 2.24) is 9.29 Å². The number of ether oxygens (including phenoxy) is 1. The maximum absolute atomic E-state index is 12.7. The third-order valence-corrected chi connectivity index (χ3v) is 7.10. The minimum Gasteiger partial charge on any atom is -0.379 e. The van der Waals surface area contributed by atoms with E-state index >= 15 is 0 Å². The van der Waals surface area contributed by atoms with Crippen LogP contribution in [0.2, 0.25) is 0 Å². The second kappa shape index (κ2) is 7.57. The first-order valence-corrected chi connectivity index (χ1v) is 10.9. The number of carbonyl (C=O) groups excluding carboxylic acids is 1. The number of likely N-dealkylation sites (N-methyl/N-ethyl adjacent to an activating group) is 1. The van der Waals surface area contributed by atoms with Crippen molar-refractivity contribution in [3.63, 3.8) is 0 Å². The van der Waals surface area contributed by atoms with Gasteiger partial charge in [-0.1, -0.05) is 6.07 Å². The van der Waals surface area contributed by atoms with Crippen LogP contribution in [0.4, 0.5) is 11.4 Å². The molecule has 0 unspecified atom stereocenters. The molecule has 28 heavy (non-hydrogen) atoms. The molecule has 8 nitrogen and oxygen atoms in total. The van der Waals surface area contributed by atoms with E-state index in [1.807, 2.05) is 18.2 Å². The fraction of sp³-hybridized carbons (Fsp3) is 0.421. The molecule has 9 heteroatoms.